The zero-order valence-electron chi connectivity index (χ0n) is 9.40. The number of rotatable bonds is 3. The van der Waals surface area contributed by atoms with Gasteiger partial charge in [0, 0.05) is 5.92 Å². The molecule has 2 aliphatic rings. The second kappa shape index (κ2) is 4.36. The van der Waals surface area contributed by atoms with E-state index in [0.717, 1.165) is 19.3 Å². The molecule has 0 N–H and O–H groups in total. The van der Waals surface area contributed by atoms with Gasteiger partial charge in [0.2, 0.25) is 5.78 Å². The van der Waals surface area contributed by atoms with Crippen molar-refractivity contribution < 1.29 is 19.1 Å². The minimum absolute atomic E-state index is 0.0273. The maximum absolute atomic E-state index is 11.9. The average Bonchev–Trinajstić information content (AvgIpc) is 2.20. The van der Waals surface area contributed by atoms with E-state index in [1.807, 2.05) is 0 Å². The molecule has 4 nitrogen and oxygen atoms in total. The summed E-state index contributed by atoms with van der Waals surface area (Å²) in [6, 6.07) is 0. The highest BCUT2D eigenvalue weighted by Gasteiger charge is 2.47. The van der Waals surface area contributed by atoms with Crippen LogP contribution in [0, 0.1) is 17.8 Å². The van der Waals surface area contributed by atoms with Crippen molar-refractivity contribution in [1.29, 1.82) is 0 Å². The SMILES string of the molecule is CCOC(=O)C(=O)C1CCC2CCC2C1=O. The molecule has 0 heterocycles. The summed E-state index contributed by atoms with van der Waals surface area (Å²) in [6.45, 7) is 1.83. The normalized spacial score (nSPS) is 32.6. The van der Waals surface area contributed by atoms with Crippen LogP contribution < -0.4 is 0 Å². The molecule has 2 rings (SSSR count). The molecule has 3 atom stereocenters. The van der Waals surface area contributed by atoms with Crippen molar-refractivity contribution in [2.75, 3.05) is 6.61 Å². The van der Waals surface area contributed by atoms with E-state index in [-0.39, 0.29) is 18.3 Å². The zero-order chi connectivity index (χ0) is 11.7. The number of hydrogen-bond donors (Lipinski definition) is 0. The predicted molar refractivity (Wildman–Crippen MR) is 55.6 cm³/mol. The van der Waals surface area contributed by atoms with E-state index in [1.54, 1.807) is 6.92 Å². The van der Waals surface area contributed by atoms with Crippen LogP contribution >= 0.6 is 0 Å². The van der Waals surface area contributed by atoms with Crippen molar-refractivity contribution in [3.8, 4) is 0 Å². The molecule has 0 aliphatic heterocycles. The fraction of sp³-hybridized carbons (Fsp3) is 0.750. The Balaban J connectivity index is 2.01. The minimum atomic E-state index is -0.848. The second-order valence-corrected chi connectivity index (χ2v) is 4.56. The van der Waals surface area contributed by atoms with Gasteiger partial charge in [-0.25, -0.2) is 4.79 Å². The standard InChI is InChI=1S/C12H16O4/c1-2-16-12(15)11(14)9-6-4-7-3-5-8(7)10(9)13/h7-9H,2-6H2,1H3. The molecule has 16 heavy (non-hydrogen) atoms. The molecule has 2 aliphatic carbocycles. The fourth-order valence-electron chi connectivity index (χ4n) is 2.68. The number of hydrogen-bond acceptors (Lipinski definition) is 4. The molecule has 2 fully saturated rings. The lowest BCUT2D eigenvalue weighted by Crippen LogP contribution is -2.45. The van der Waals surface area contributed by atoms with E-state index in [4.69, 9.17) is 0 Å². The van der Waals surface area contributed by atoms with Crippen LogP contribution in [0.3, 0.4) is 0 Å². The molecule has 3 unspecified atom stereocenters. The molecular formula is C12H16O4. The Morgan fingerprint density at radius 3 is 2.50 bits per heavy atom. The Hall–Kier alpha value is -1.19. The van der Waals surface area contributed by atoms with Gasteiger partial charge in [0.1, 0.15) is 5.78 Å². The average molecular weight is 224 g/mol. The van der Waals surface area contributed by atoms with Gasteiger partial charge in [-0.05, 0) is 38.5 Å². The van der Waals surface area contributed by atoms with Gasteiger partial charge in [0.15, 0.2) is 0 Å². The number of esters is 1. The van der Waals surface area contributed by atoms with Crippen molar-refractivity contribution in [2.45, 2.75) is 32.6 Å². The van der Waals surface area contributed by atoms with Gasteiger partial charge in [-0.1, -0.05) is 0 Å². The number of Topliss-reactive ketones (excluding diaryl/α,β-unsaturated/α-hetero) is 2. The number of ketones is 2. The molecule has 0 spiro atoms. The van der Waals surface area contributed by atoms with Crippen LogP contribution in [0.25, 0.3) is 0 Å². The van der Waals surface area contributed by atoms with Crippen molar-refractivity contribution in [3.05, 3.63) is 0 Å². The van der Waals surface area contributed by atoms with Gasteiger partial charge < -0.3 is 4.74 Å². The Labute approximate surface area is 94.3 Å². The summed E-state index contributed by atoms with van der Waals surface area (Å²) < 4.78 is 4.64. The summed E-state index contributed by atoms with van der Waals surface area (Å²) in [5.74, 6) is -1.73. The first-order valence-corrected chi connectivity index (χ1v) is 5.89. The Morgan fingerprint density at radius 1 is 1.25 bits per heavy atom. The topological polar surface area (TPSA) is 60.4 Å². The van der Waals surface area contributed by atoms with Gasteiger partial charge in [0.05, 0.1) is 12.5 Å². The van der Waals surface area contributed by atoms with Crippen LogP contribution in [-0.4, -0.2) is 24.1 Å². The van der Waals surface area contributed by atoms with Crippen LogP contribution in [0.2, 0.25) is 0 Å². The third-order valence-electron chi connectivity index (χ3n) is 3.75. The maximum atomic E-state index is 11.9. The van der Waals surface area contributed by atoms with Gasteiger partial charge in [-0.15, -0.1) is 0 Å². The quantitative estimate of drug-likeness (QED) is 0.409. The molecule has 0 aromatic rings. The highest BCUT2D eigenvalue weighted by Crippen LogP contribution is 2.44. The molecule has 4 heteroatoms. The van der Waals surface area contributed by atoms with E-state index < -0.39 is 17.7 Å². The van der Waals surface area contributed by atoms with Gasteiger partial charge in [-0.3, -0.25) is 9.59 Å². The summed E-state index contributed by atoms with van der Waals surface area (Å²) in [4.78, 5) is 34.9. The molecule has 0 amide bonds. The lowest BCUT2D eigenvalue weighted by Gasteiger charge is -2.41. The molecule has 0 bridgehead atoms. The van der Waals surface area contributed by atoms with Gasteiger partial charge in [0.25, 0.3) is 0 Å². The van der Waals surface area contributed by atoms with Crippen molar-refractivity contribution in [2.24, 2.45) is 17.8 Å². The first-order chi connectivity index (χ1) is 7.65. The highest BCUT2D eigenvalue weighted by molar-refractivity contribution is 6.38. The minimum Gasteiger partial charge on any atom is -0.460 e. The first kappa shape index (κ1) is 11.3. The highest BCUT2D eigenvalue weighted by atomic mass is 16.5. The molecule has 2 saturated carbocycles. The van der Waals surface area contributed by atoms with E-state index in [0.29, 0.717) is 12.3 Å². The first-order valence-electron chi connectivity index (χ1n) is 5.89. The summed E-state index contributed by atoms with van der Waals surface area (Å²) in [7, 11) is 0. The third kappa shape index (κ3) is 1.77. The van der Waals surface area contributed by atoms with Crippen LogP contribution in [-0.2, 0) is 19.1 Å². The number of ether oxygens (including phenoxy) is 1. The van der Waals surface area contributed by atoms with Gasteiger partial charge >= 0.3 is 5.97 Å². The summed E-state index contributed by atoms with van der Waals surface area (Å²) in [6.07, 6.45) is 3.40. The maximum Gasteiger partial charge on any atom is 0.375 e. The zero-order valence-corrected chi connectivity index (χ0v) is 9.40. The molecule has 0 radical (unpaired) electrons. The van der Waals surface area contributed by atoms with Crippen LogP contribution in [0.1, 0.15) is 32.6 Å². The summed E-state index contributed by atoms with van der Waals surface area (Å²) in [5, 5.41) is 0. The van der Waals surface area contributed by atoms with Crippen molar-refractivity contribution in [3.63, 3.8) is 0 Å². The van der Waals surface area contributed by atoms with Crippen molar-refractivity contribution >= 4 is 17.5 Å². The number of fused-ring (bicyclic) bond motifs is 1. The fourth-order valence-corrected chi connectivity index (χ4v) is 2.68. The van der Waals surface area contributed by atoms with Crippen LogP contribution in [0.15, 0.2) is 0 Å². The predicted octanol–water partition coefficient (Wildman–Crippen LogP) is 1.12. The van der Waals surface area contributed by atoms with E-state index in [2.05, 4.69) is 4.74 Å². The third-order valence-corrected chi connectivity index (χ3v) is 3.75. The number of carbonyl (C=O) groups is 3. The van der Waals surface area contributed by atoms with Gasteiger partial charge in [-0.2, -0.15) is 0 Å². The number of carbonyl (C=O) groups excluding carboxylic acids is 3. The van der Waals surface area contributed by atoms with E-state index in [1.165, 1.54) is 0 Å². The molecular weight excluding hydrogens is 208 g/mol. The Morgan fingerprint density at radius 2 is 1.94 bits per heavy atom. The summed E-state index contributed by atoms with van der Waals surface area (Å²) >= 11 is 0. The molecule has 0 aromatic heterocycles. The Bertz CT molecular complexity index is 334. The summed E-state index contributed by atoms with van der Waals surface area (Å²) in [5.41, 5.74) is 0. The molecule has 88 valence electrons. The monoisotopic (exact) mass is 224 g/mol. The Kier molecular flexibility index (Phi) is 3.08. The second-order valence-electron chi connectivity index (χ2n) is 4.56. The lowest BCUT2D eigenvalue weighted by molar-refractivity contribution is -0.159. The molecule has 0 saturated heterocycles. The molecule has 0 aromatic carbocycles. The van der Waals surface area contributed by atoms with Crippen LogP contribution in [0.4, 0.5) is 0 Å². The van der Waals surface area contributed by atoms with E-state index >= 15 is 0 Å². The smallest absolute Gasteiger partial charge is 0.375 e. The van der Waals surface area contributed by atoms with Crippen LogP contribution in [0.5, 0.6) is 0 Å². The largest absolute Gasteiger partial charge is 0.460 e. The lowest BCUT2D eigenvalue weighted by atomic mass is 9.61. The van der Waals surface area contributed by atoms with E-state index in [9.17, 15) is 14.4 Å². The van der Waals surface area contributed by atoms with Crippen molar-refractivity contribution in [1.82, 2.24) is 0 Å².